The molecule has 0 bridgehead atoms. The van der Waals surface area contributed by atoms with Crippen molar-refractivity contribution in [3.8, 4) is 5.75 Å². The van der Waals surface area contributed by atoms with Crippen LogP contribution in [0.25, 0.3) is 6.08 Å². The van der Waals surface area contributed by atoms with Crippen LogP contribution >= 0.6 is 11.6 Å². The highest BCUT2D eigenvalue weighted by molar-refractivity contribution is 6.66. The van der Waals surface area contributed by atoms with Gasteiger partial charge >= 0.3 is 5.97 Å². The Morgan fingerprint density at radius 1 is 1.00 bits per heavy atom. The summed E-state index contributed by atoms with van der Waals surface area (Å²) in [5, 5.41) is -0.522. The molecule has 0 N–H and O–H groups in total. The first-order valence-electron chi connectivity index (χ1n) is 8.41. The van der Waals surface area contributed by atoms with E-state index in [4.69, 9.17) is 16.3 Å². The number of rotatable bonds is 12. The van der Waals surface area contributed by atoms with Crippen LogP contribution < -0.4 is 4.74 Å². The molecule has 0 aliphatic heterocycles. The van der Waals surface area contributed by atoms with Crippen molar-refractivity contribution in [1.29, 1.82) is 0 Å². The predicted octanol–water partition coefficient (Wildman–Crippen LogP) is 5.68. The summed E-state index contributed by atoms with van der Waals surface area (Å²) in [6.45, 7) is 3.71. The van der Waals surface area contributed by atoms with E-state index >= 15 is 0 Å². The van der Waals surface area contributed by atoms with Gasteiger partial charge in [0, 0.05) is 6.42 Å². The first kappa shape index (κ1) is 20.2. The van der Waals surface area contributed by atoms with Gasteiger partial charge in [-0.2, -0.15) is 0 Å². The second-order valence-corrected chi connectivity index (χ2v) is 6.00. The van der Waals surface area contributed by atoms with E-state index in [0.717, 1.165) is 31.2 Å². The summed E-state index contributed by atoms with van der Waals surface area (Å²) in [5.74, 6) is 0.305. The fourth-order valence-corrected chi connectivity index (χ4v) is 2.32. The number of hydrogen-bond acceptors (Lipinski definition) is 3. The Labute approximate surface area is 149 Å². The number of allylic oxidation sites excluding steroid dienone is 2. The van der Waals surface area contributed by atoms with E-state index in [1.807, 2.05) is 6.08 Å². The average Bonchev–Trinajstić information content (AvgIpc) is 2.56. The molecule has 0 saturated carbocycles. The van der Waals surface area contributed by atoms with E-state index in [9.17, 15) is 9.59 Å². The van der Waals surface area contributed by atoms with Crippen molar-refractivity contribution in [2.45, 2.75) is 51.4 Å². The molecule has 4 heteroatoms. The lowest BCUT2D eigenvalue weighted by atomic mass is 10.1. The van der Waals surface area contributed by atoms with E-state index in [1.165, 1.54) is 25.3 Å². The van der Waals surface area contributed by atoms with Gasteiger partial charge in [-0.15, -0.1) is 6.58 Å². The van der Waals surface area contributed by atoms with Crippen LogP contribution in [-0.4, -0.2) is 11.2 Å². The molecule has 0 spiro atoms. The number of esters is 1. The molecule has 3 nitrogen and oxygen atoms in total. The Hall–Kier alpha value is -1.87. The van der Waals surface area contributed by atoms with Crippen molar-refractivity contribution in [2.75, 3.05) is 0 Å². The third kappa shape index (κ3) is 10.0. The molecule has 1 aromatic rings. The van der Waals surface area contributed by atoms with E-state index in [1.54, 1.807) is 30.3 Å². The Morgan fingerprint density at radius 2 is 1.62 bits per heavy atom. The molecule has 0 aliphatic rings. The maximum atomic E-state index is 11.8. The van der Waals surface area contributed by atoms with Gasteiger partial charge < -0.3 is 4.74 Å². The largest absolute Gasteiger partial charge is 0.427 e. The van der Waals surface area contributed by atoms with Crippen molar-refractivity contribution in [3.63, 3.8) is 0 Å². The summed E-state index contributed by atoms with van der Waals surface area (Å²) >= 11 is 5.23. The molecule has 0 saturated heterocycles. The summed E-state index contributed by atoms with van der Waals surface area (Å²) in [5.41, 5.74) is 0.820. The molecule has 1 rings (SSSR count). The summed E-state index contributed by atoms with van der Waals surface area (Å²) < 4.78 is 5.29. The maximum Gasteiger partial charge on any atom is 0.311 e. The van der Waals surface area contributed by atoms with Crippen LogP contribution in [0.15, 0.2) is 43.0 Å². The minimum absolute atomic E-state index is 0.208. The molecule has 0 radical (unpaired) electrons. The normalized spacial score (nSPS) is 10.7. The summed E-state index contributed by atoms with van der Waals surface area (Å²) in [6, 6.07) is 6.94. The van der Waals surface area contributed by atoms with Gasteiger partial charge in [-0.3, -0.25) is 9.59 Å². The zero-order chi connectivity index (χ0) is 17.6. The van der Waals surface area contributed by atoms with E-state index in [-0.39, 0.29) is 5.97 Å². The van der Waals surface area contributed by atoms with E-state index < -0.39 is 5.24 Å². The van der Waals surface area contributed by atoms with Gasteiger partial charge in [0.05, 0.1) is 0 Å². The molecule has 24 heavy (non-hydrogen) atoms. The monoisotopic (exact) mass is 348 g/mol. The van der Waals surface area contributed by atoms with Gasteiger partial charge in [-0.1, -0.05) is 50.0 Å². The Kier molecular flexibility index (Phi) is 10.5. The topological polar surface area (TPSA) is 43.4 Å². The highest BCUT2D eigenvalue weighted by Gasteiger charge is 2.04. The number of halogens is 1. The van der Waals surface area contributed by atoms with Gasteiger partial charge in [-0.05, 0) is 54.6 Å². The molecule has 0 atom stereocenters. The van der Waals surface area contributed by atoms with Crippen LogP contribution in [0, 0.1) is 0 Å². The minimum atomic E-state index is -0.522. The fraction of sp³-hybridized carbons (Fsp3) is 0.400. The standard InChI is InChI=1S/C20H25ClO3/c1-2-3-4-5-6-7-8-9-10-20(23)24-18-14-11-17(12-15-18)13-16-19(21)22/h2,11-16H,1,3-10H2. The molecule has 130 valence electrons. The SMILES string of the molecule is C=CCCCCCCCCC(=O)Oc1ccc(C=CC(=O)Cl)cc1. The van der Waals surface area contributed by atoms with Crippen LogP contribution in [0.1, 0.15) is 56.9 Å². The first-order chi connectivity index (χ1) is 11.6. The number of carbonyl (C=O) groups is 2. The highest BCUT2D eigenvalue weighted by atomic mass is 35.5. The average molecular weight is 349 g/mol. The first-order valence-corrected chi connectivity index (χ1v) is 8.79. The van der Waals surface area contributed by atoms with Gasteiger partial charge in [0.2, 0.25) is 5.24 Å². The zero-order valence-electron chi connectivity index (χ0n) is 14.0. The molecule has 1 aromatic carbocycles. The lowest BCUT2D eigenvalue weighted by Gasteiger charge is -2.05. The van der Waals surface area contributed by atoms with Gasteiger partial charge in [-0.25, -0.2) is 0 Å². The van der Waals surface area contributed by atoms with Gasteiger partial charge in [0.25, 0.3) is 0 Å². The lowest BCUT2D eigenvalue weighted by molar-refractivity contribution is -0.134. The van der Waals surface area contributed by atoms with Crippen LogP contribution in [0.2, 0.25) is 0 Å². The molecule has 0 aromatic heterocycles. The van der Waals surface area contributed by atoms with Crippen molar-refractivity contribution in [3.05, 3.63) is 48.6 Å². The Balaban J connectivity index is 2.18. The van der Waals surface area contributed by atoms with Crippen molar-refractivity contribution < 1.29 is 14.3 Å². The van der Waals surface area contributed by atoms with Crippen molar-refractivity contribution in [2.24, 2.45) is 0 Å². The molecule has 0 aliphatic carbocycles. The highest BCUT2D eigenvalue weighted by Crippen LogP contribution is 2.15. The maximum absolute atomic E-state index is 11.8. The van der Waals surface area contributed by atoms with E-state index in [2.05, 4.69) is 6.58 Å². The van der Waals surface area contributed by atoms with Gasteiger partial charge in [0.15, 0.2) is 0 Å². The van der Waals surface area contributed by atoms with Crippen molar-refractivity contribution in [1.82, 2.24) is 0 Å². The summed E-state index contributed by atoms with van der Waals surface area (Å²) in [4.78, 5) is 22.4. The number of benzene rings is 1. The molecule has 0 heterocycles. The quantitative estimate of drug-likeness (QED) is 0.122. The van der Waals surface area contributed by atoms with Crippen molar-refractivity contribution >= 4 is 28.9 Å². The van der Waals surface area contributed by atoms with Gasteiger partial charge in [0.1, 0.15) is 5.75 Å². The number of carbonyl (C=O) groups excluding carboxylic acids is 2. The van der Waals surface area contributed by atoms with Crippen LogP contribution in [0.4, 0.5) is 0 Å². The number of ether oxygens (including phenoxy) is 1. The zero-order valence-corrected chi connectivity index (χ0v) is 14.8. The van der Waals surface area contributed by atoms with Crippen LogP contribution in [-0.2, 0) is 9.59 Å². The predicted molar refractivity (Wildman–Crippen MR) is 99.1 cm³/mol. The molecule has 0 unspecified atom stereocenters. The number of hydrogen-bond donors (Lipinski definition) is 0. The minimum Gasteiger partial charge on any atom is -0.427 e. The second kappa shape index (κ2) is 12.5. The summed E-state index contributed by atoms with van der Waals surface area (Å²) in [7, 11) is 0. The lowest BCUT2D eigenvalue weighted by Crippen LogP contribution is -2.07. The molecular weight excluding hydrogens is 324 g/mol. The third-order valence-electron chi connectivity index (χ3n) is 3.56. The van der Waals surface area contributed by atoms with E-state index in [0.29, 0.717) is 12.2 Å². The smallest absolute Gasteiger partial charge is 0.311 e. The summed E-state index contributed by atoms with van der Waals surface area (Å²) in [6.07, 6.45) is 13.1. The third-order valence-corrected chi connectivity index (χ3v) is 3.68. The Morgan fingerprint density at radius 3 is 2.25 bits per heavy atom. The fourth-order valence-electron chi connectivity index (χ4n) is 2.26. The number of unbranched alkanes of at least 4 members (excludes halogenated alkanes) is 6. The molecular formula is C20H25ClO3. The van der Waals surface area contributed by atoms with Crippen LogP contribution in [0.5, 0.6) is 5.75 Å². The molecule has 0 fully saturated rings. The second-order valence-electron chi connectivity index (χ2n) is 5.63. The van der Waals surface area contributed by atoms with Crippen LogP contribution in [0.3, 0.4) is 0 Å². The Bertz CT molecular complexity index is 547. The molecule has 0 amide bonds.